The monoisotopic (exact) mass is 295 g/mol. The Kier molecular flexibility index (Phi) is 5.87. The maximum absolute atomic E-state index is 12.4. The highest BCUT2D eigenvalue weighted by atomic mass is 16.7. The van der Waals surface area contributed by atoms with Gasteiger partial charge in [0.2, 0.25) is 12.1 Å². The molecule has 0 saturated carbocycles. The highest BCUT2D eigenvalue weighted by molar-refractivity contribution is 6.03. The fourth-order valence-electron chi connectivity index (χ4n) is 1.67. The van der Waals surface area contributed by atoms with Crippen LogP contribution in [0.25, 0.3) is 0 Å². The molecule has 0 aliphatic heterocycles. The van der Waals surface area contributed by atoms with Crippen molar-refractivity contribution in [3.63, 3.8) is 0 Å². The van der Waals surface area contributed by atoms with Crippen molar-refractivity contribution in [1.29, 1.82) is 0 Å². The molecular weight excluding hydrogens is 274 g/mol. The number of primary amides is 1. The molecule has 0 atom stereocenters. The van der Waals surface area contributed by atoms with E-state index in [1.165, 1.54) is 18.2 Å². The zero-order valence-electron chi connectivity index (χ0n) is 12.6. The van der Waals surface area contributed by atoms with Gasteiger partial charge in [-0.2, -0.15) is 0 Å². The zero-order chi connectivity index (χ0) is 16.2. The first-order valence-corrected chi connectivity index (χ1v) is 6.70. The van der Waals surface area contributed by atoms with E-state index in [9.17, 15) is 14.7 Å². The maximum Gasteiger partial charge on any atom is 0.252 e. The van der Waals surface area contributed by atoms with E-state index >= 15 is 0 Å². The molecule has 1 aromatic rings. The molecular formula is C15H21NO5. The molecule has 1 aromatic carbocycles. The van der Waals surface area contributed by atoms with Gasteiger partial charge in [0.25, 0.3) is 5.91 Å². The predicted molar refractivity (Wildman–Crippen MR) is 77.2 cm³/mol. The van der Waals surface area contributed by atoms with Crippen LogP contribution in [-0.2, 0) is 9.47 Å². The molecule has 21 heavy (non-hydrogen) atoms. The molecule has 0 unspecified atom stereocenters. The first kappa shape index (κ1) is 17.1. The number of Topliss-reactive ketones (excluding diaryl/α,β-unsaturated/α-hetero) is 1. The van der Waals surface area contributed by atoms with Crippen molar-refractivity contribution < 1.29 is 24.2 Å². The summed E-state index contributed by atoms with van der Waals surface area (Å²) in [6, 6.07) is 3.87. The fourth-order valence-corrected chi connectivity index (χ4v) is 1.67. The molecule has 0 saturated heterocycles. The van der Waals surface area contributed by atoms with Gasteiger partial charge in [-0.15, -0.1) is 0 Å². The van der Waals surface area contributed by atoms with Gasteiger partial charge in [0.1, 0.15) is 5.75 Å². The Morgan fingerprint density at radius 2 is 1.62 bits per heavy atom. The van der Waals surface area contributed by atoms with Gasteiger partial charge >= 0.3 is 0 Å². The average Bonchev–Trinajstić information content (AvgIpc) is 2.36. The first-order valence-electron chi connectivity index (χ1n) is 6.70. The Morgan fingerprint density at radius 1 is 1.10 bits per heavy atom. The molecule has 0 aromatic heterocycles. The first-order chi connectivity index (χ1) is 9.72. The minimum absolute atomic E-state index is 0.117. The van der Waals surface area contributed by atoms with Gasteiger partial charge in [0.05, 0.1) is 17.8 Å². The Hall–Kier alpha value is -1.92. The molecule has 0 spiro atoms. The number of ether oxygens (including phenoxy) is 2. The van der Waals surface area contributed by atoms with E-state index in [4.69, 9.17) is 15.2 Å². The third-order valence-corrected chi connectivity index (χ3v) is 2.55. The number of phenols is 1. The van der Waals surface area contributed by atoms with Gasteiger partial charge in [0.15, 0.2) is 0 Å². The highest BCUT2D eigenvalue weighted by Gasteiger charge is 2.25. The van der Waals surface area contributed by atoms with Gasteiger partial charge in [-0.05, 0) is 45.9 Å². The predicted octanol–water partition coefficient (Wildman–Crippen LogP) is 1.85. The number of rotatable bonds is 7. The van der Waals surface area contributed by atoms with Crippen LogP contribution in [-0.4, -0.2) is 35.3 Å². The number of ketones is 1. The smallest absolute Gasteiger partial charge is 0.252 e. The zero-order valence-corrected chi connectivity index (χ0v) is 12.6. The van der Waals surface area contributed by atoms with Crippen LogP contribution in [0, 0.1) is 0 Å². The molecule has 0 aliphatic rings. The van der Waals surface area contributed by atoms with Gasteiger partial charge in [-0.1, -0.05) is 0 Å². The fraction of sp³-hybridized carbons (Fsp3) is 0.467. The average molecular weight is 295 g/mol. The second-order valence-corrected chi connectivity index (χ2v) is 5.16. The molecule has 0 fully saturated rings. The number of hydrogen-bond acceptors (Lipinski definition) is 5. The van der Waals surface area contributed by atoms with Gasteiger partial charge in [-0.3, -0.25) is 9.59 Å². The lowest BCUT2D eigenvalue weighted by molar-refractivity contribution is -0.152. The van der Waals surface area contributed by atoms with Crippen LogP contribution in [0.1, 0.15) is 48.4 Å². The van der Waals surface area contributed by atoms with Crippen molar-refractivity contribution in [2.24, 2.45) is 5.73 Å². The summed E-state index contributed by atoms with van der Waals surface area (Å²) in [5.41, 5.74) is 5.22. The SMILES string of the molecule is CC(C)OC(OC(C)C)C(=O)c1ccc(O)c(C(N)=O)c1. The lowest BCUT2D eigenvalue weighted by Gasteiger charge is -2.22. The van der Waals surface area contributed by atoms with Crippen molar-refractivity contribution >= 4 is 11.7 Å². The summed E-state index contributed by atoms with van der Waals surface area (Å²) in [5, 5.41) is 9.54. The van der Waals surface area contributed by atoms with E-state index in [-0.39, 0.29) is 29.1 Å². The molecule has 1 rings (SSSR count). The second kappa shape index (κ2) is 7.19. The topological polar surface area (TPSA) is 98.8 Å². The van der Waals surface area contributed by atoms with Gasteiger partial charge in [-0.25, -0.2) is 0 Å². The number of benzene rings is 1. The van der Waals surface area contributed by atoms with Crippen LogP contribution in [0.3, 0.4) is 0 Å². The molecule has 0 aliphatic carbocycles. The van der Waals surface area contributed by atoms with Crippen LogP contribution in [0.15, 0.2) is 18.2 Å². The van der Waals surface area contributed by atoms with E-state index in [2.05, 4.69) is 0 Å². The van der Waals surface area contributed by atoms with Crippen LogP contribution in [0.4, 0.5) is 0 Å². The lowest BCUT2D eigenvalue weighted by atomic mass is 10.1. The molecule has 0 heterocycles. The Morgan fingerprint density at radius 3 is 2.05 bits per heavy atom. The summed E-state index contributed by atoms with van der Waals surface area (Å²) in [6.07, 6.45) is -1.48. The van der Waals surface area contributed by atoms with E-state index in [1.807, 2.05) is 0 Å². The van der Waals surface area contributed by atoms with Crippen LogP contribution in [0.5, 0.6) is 5.75 Å². The number of carbonyl (C=O) groups is 2. The minimum atomic E-state index is -1.07. The van der Waals surface area contributed by atoms with Crippen LogP contribution >= 0.6 is 0 Å². The molecule has 6 nitrogen and oxygen atoms in total. The molecule has 6 heteroatoms. The third-order valence-electron chi connectivity index (χ3n) is 2.55. The summed E-state index contributed by atoms with van der Waals surface area (Å²) < 4.78 is 10.9. The normalized spacial score (nSPS) is 11.4. The van der Waals surface area contributed by atoms with Gasteiger partial charge < -0.3 is 20.3 Å². The van der Waals surface area contributed by atoms with E-state index in [1.54, 1.807) is 27.7 Å². The number of amides is 1. The summed E-state index contributed by atoms with van der Waals surface area (Å²) in [7, 11) is 0. The Bertz CT molecular complexity index is 515. The molecule has 116 valence electrons. The Balaban J connectivity index is 3.08. The van der Waals surface area contributed by atoms with Crippen LogP contribution < -0.4 is 5.73 Å². The number of nitrogens with two attached hydrogens (primary N) is 1. The highest BCUT2D eigenvalue weighted by Crippen LogP contribution is 2.20. The lowest BCUT2D eigenvalue weighted by Crippen LogP contribution is -2.32. The minimum Gasteiger partial charge on any atom is -0.507 e. The van der Waals surface area contributed by atoms with Crippen LogP contribution in [0.2, 0.25) is 0 Å². The number of carbonyl (C=O) groups excluding carboxylic acids is 2. The molecule has 3 N–H and O–H groups in total. The summed E-state index contributed by atoms with van der Waals surface area (Å²) in [5.74, 6) is -1.52. The van der Waals surface area contributed by atoms with Crippen molar-refractivity contribution in [2.75, 3.05) is 0 Å². The number of aromatic hydroxyl groups is 1. The molecule has 1 amide bonds. The Labute approximate surface area is 123 Å². The second-order valence-electron chi connectivity index (χ2n) is 5.16. The molecule has 0 radical (unpaired) electrons. The van der Waals surface area contributed by atoms with Crippen molar-refractivity contribution in [1.82, 2.24) is 0 Å². The summed E-state index contributed by atoms with van der Waals surface area (Å²) >= 11 is 0. The standard InChI is InChI=1S/C15H21NO5/c1-8(2)20-15(21-9(3)4)13(18)10-5-6-12(17)11(7-10)14(16)19/h5-9,15,17H,1-4H3,(H2,16,19). The van der Waals surface area contributed by atoms with Crippen molar-refractivity contribution in [3.05, 3.63) is 29.3 Å². The summed E-state index contributed by atoms with van der Waals surface area (Å²) in [6.45, 7) is 7.15. The summed E-state index contributed by atoms with van der Waals surface area (Å²) in [4.78, 5) is 23.6. The van der Waals surface area contributed by atoms with Crippen molar-refractivity contribution in [2.45, 2.75) is 46.2 Å². The number of hydrogen-bond donors (Lipinski definition) is 2. The van der Waals surface area contributed by atoms with Gasteiger partial charge in [0, 0.05) is 5.56 Å². The quantitative estimate of drug-likeness (QED) is 0.591. The van der Waals surface area contributed by atoms with E-state index in [0.717, 1.165) is 0 Å². The maximum atomic E-state index is 12.4. The van der Waals surface area contributed by atoms with E-state index < -0.39 is 18.0 Å². The van der Waals surface area contributed by atoms with Crippen molar-refractivity contribution in [3.8, 4) is 5.75 Å². The van der Waals surface area contributed by atoms with E-state index in [0.29, 0.717) is 0 Å². The largest absolute Gasteiger partial charge is 0.507 e. The third kappa shape index (κ3) is 4.84. The molecule has 0 bridgehead atoms.